The lowest BCUT2D eigenvalue weighted by Gasteiger charge is -2.64. The summed E-state index contributed by atoms with van der Waals surface area (Å²) in [7, 11) is 0. The van der Waals surface area contributed by atoms with E-state index in [1.807, 2.05) is 13.0 Å². The summed E-state index contributed by atoms with van der Waals surface area (Å²) in [6.45, 7) is 23.4. The molecule has 3 heterocycles. The summed E-state index contributed by atoms with van der Waals surface area (Å²) in [5, 5.41) is 25.0. The standard InChI is InChI=1S/C43H54N2O5/c1-21(2)33-36(48)31-30-24(27-20-39(4,5)50-40(6,7)32(27)35(30)47)19-25-26-18-23-13-14-28-41(8,16-11-12-22(3)38(44)49)29(46)15-17-42(28,9)43(23,10)37(26)45(33)34(25)31/h11-12,16,19-20,23,28-29,32-33,35,46-47H,1,13-15,17-18H2,2-10H3,(H2,44,49)/b16-11+,22-12+/t23-,28-,29-,32+,33-,35+,41-,42-,43+/m0/s1. The normalized spacial score (nSPS) is 39.2. The number of carbonyl (C=O) groups is 2. The van der Waals surface area contributed by atoms with Crippen LogP contribution in [0, 0.1) is 28.6 Å². The average molecular weight is 679 g/mol. The van der Waals surface area contributed by atoms with Crippen molar-refractivity contribution in [2.75, 3.05) is 0 Å². The van der Waals surface area contributed by atoms with Crippen molar-refractivity contribution in [2.24, 2.45) is 34.3 Å². The van der Waals surface area contributed by atoms with Gasteiger partial charge in [-0.1, -0.05) is 51.2 Å². The predicted molar refractivity (Wildman–Crippen MR) is 197 cm³/mol. The number of nitrogens with zero attached hydrogens (tertiary/aromatic N) is 1. The molecule has 2 saturated carbocycles. The highest BCUT2D eigenvalue weighted by Gasteiger charge is 2.67. The smallest absolute Gasteiger partial charge is 0.244 e. The molecule has 8 rings (SSSR count). The molecule has 2 aliphatic heterocycles. The molecule has 4 aliphatic carbocycles. The first-order valence-electron chi connectivity index (χ1n) is 18.6. The van der Waals surface area contributed by atoms with Gasteiger partial charge in [-0.25, -0.2) is 0 Å². The molecule has 7 nitrogen and oxygen atoms in total. The third-order valence-corrected chi connectivity index (χ3v) is 14.8. The van der Waals surface area contributed by atoms with Gasteiger partial charge >= 0.3 is 0 Å². The number of aromatic nitrogens is 1. The number of aliphatic hydroxyl groups is 2. The molecule has 6 aliphatic rings. The van der Waals surface area contributed by atoms with Crippen LogP contribution in [-0.2, 0) is 21.4 Å². The SMILES string of the molecule is C=C(C)[C@H]1C(=O)c2c3c(cc4c5c(n1c24)[C@@]1(C)[C@@H](CC[C@H]2[C@](C)(/C=C/C=C(\C)C(N)=O)[C@@H](O)CC[C@@]21C)C5)C1=CC(C)(C)OC(C)(C)[C@H]1[C@@H]3O. The molecule has 0 saturated heterocycles. The second-order valence-electron chi connectivity index (χ2n) is 18.4. The second-order valence-corrected chi connectivity index (χ2v) is 18.4. The van der Waals surface area contributed by atoms with Crippen LogP contribution in [0.3, 0.4) is 0 Å². The molecule has 0 bridgehead atoms. The zero-order valence-corrected chi connectivity index (χ0v) is 31.2. The molecule has 0 spiro atoms. The Hall–Kier alpha value is -3.26. The van der Waals surface area contributed by atoms with Gasteiger partial charge in [0.05, 0.1) is 34.5 Å². The first kappa shape index (κ1) is 33.9. The maximum absolute atomic E-state index is 14.8. The van der Waals surface area contributed by atoms with Crippen molar-refractivity contribution in [3.05, 3.63) is 76.0 Å². The predicted octanol–water partition coefficient (Wildman–Crippen LogP) is 7.58. The fourth-order valence-electron chi connectivity index (χ4n) is 12.6. The van der Waals surface area contributed by atoms with E-state index in [4.69, 9.17) is 10.5 Å². The Kier molecular flexibility index (Phi) is 6.91. The summed E-state index contributed by atoms with van der Waals surface area (Å²) in [5.41, 5.74) is 11.7. The van der Waals surface area contributed by atoms with Gasteiger partial charge in [0.15, 0.2) is 5.78 Å². The number of fused-ring (bicyclic) bond motifs is 11. The Balaban J connectivity index is 1.36. The summed E-state index contributed by atoms with van der Waals surface area (Å²) in [6.07, 6.45) is 11.1. The highest BCUT2D eigenvalue weighted by atomic mass is 16.5. The minimum absolute atomic E-state index is 0.0291. The minimum Gasteiger partial charge on any atom is -0.392 e. The Morgan fingerprint density at radius 1 is 1.08 bits per heavy atom. The van der Waals surface area contributed by atoms with Crippen LogP contribution < -0.4 is 5.73 Å². The Labute approximate surface area is 296 Å². The van der Waals surface area contributed by atoms with Crippen LogP contribution in [0.1, 0.15) is 133 Å². The molecule has 9 atom stereocenters. The number of benzene rings is 1. The average Bonchev–Trinajstić information content (AvgIpc) is 3.67. The van der Waals surface area contributed by atoms with E-state index in [1.54, 1.807) is 13.0 Å². The van der Waals surface area contributed by atoms with Crippen molar-refractivity contribution < 1.29 is 24.5 Å². The van der Waals surface area contributed by atoms with Crippen LogP contribution in [0.4, 0.5) is 0 Å². The summed E-state index contributed by atoms with van der Waals surface area (Å²) in [6, 6.07) is 1.77. The van der Waals surface area contributed by atoms with Gasteiger partial charge in [0, 0.05) is 39.0 Å². The van der Waals surface area contributed by atoms with E-state index in [9.17, 15) is 19.8 Å². The fraction of sp³-hybridized carbons (Fsp3) is 0.581. The molecule has 0 radical (unpaired) electrons. The van der Waals surface area contributed by atoms with Crippen LogP contribution in [0.5, 0.6) is 0 Å². The van der Waals surface area contributed by atoms with E-state index >= 15 is 0 Å². The Bertz CT molecular complexity index is 2020. The van der Waals surface area contributed by atoms with Crippen LogP contribution >= 0.6 is 0 Å². The third kappa shape index (κ3) is 3.98. The highest BCUT2D eigenvalue weighted by Crippen LogP contribution is 2.71. The van der Waals surface area contributed by atoms with Crippen molar-refractivity contribution in [3.63, 3.8) is 0 Å². The van der Waals surface area contributed by atoms with Crippen LogP contribution in [-0.4, -0.2) is 43.8 Å². The number of Topliss-reactive ketones (excluding diaryl/α,β-unsaturated/α-hetero) is 1. The number of ether oxygens (including phenoxy) is 1. The summed E-state index contributed by atoms with van der Waals surface area (Å²) < 4.78 is 8.88. The molecular weight excluding hydrogens is 624 g/mol. The number of carbonyl (C=O) groups excluding carboxylic acids is 2. The first-order chi connectivity index (χ1) is 23.2. The Morgan fingerprint density at radius 3 is 2.44 bits per heavy atom. The van der Waals surface area contributed by atoms with E-state index in [0.717, 1.165) is 58.9 Å². The molecule has 4 N–H and O–H groups in total. The first-order valence-corrected chi connectivity index (χ1v) is 18.6. The topological polar surface area (TPSA) is 115 Å². The van der Waals surface area contributed by atoms with Crippen LogP contribution in [0.2, 0.25) is 0 Å². The molecule has 2 aromatic rings. The molecule has 0 unspecified atom stereocenters. The third-order valence-electron chi connectivity index (χ3n) is 14.8. The van der Waals surface area contributed by atoms with Crippen LogP contribution in [0.25, 0.3) is 16.5 Å². The Morgan fingerprint density at radius 2 is 1.78 bits per heavy atom. The maximum Gasteiger partial charge on any atom is 0.244 e. The number of amides is 1. The lowest BCUT2D eigenvalue weighted by molar-refractivity contribution is -0.144. The molecule has 1 aromatic heterocycles. The maximum atomic E-state index is 14.8. The number of ketones is 1. The van der Waals surface area contributed by atoms with Gasteiger partial charge in [-0.05, 0) is 120 Å². The fourth-order valence-corrected chi connectivity index (χ4v) is 12.6. The van der Waals surface area contributed by atoms with Gasteiger partial charge in [0.25, 0.3) is 0 Å². The molecule has 7 heteroatoms. The monoisotopic (exact) mass is 678 g/mol. The van der Waals surface area contributed by atoms with Crippen molar-refractivity contribution in [2.45, 2.75) is 129 Å². The van der Waals surface area contributed by atoms with Gasteiger partial charge in [0.2, 0.25) is 5.91 Å². The van der Waals surface area contributed by atoms with E-state index in [2.05, 4.69) is 77.8 Å². The quantitative estimate of drug-likeness (QED) is 0.175. The molecule has 266 valence electrons. The number of allylic oxidation sites excluding steroid dienone is 3. The molecule has 1 amide bonds. The number of aliphatic hydroxyl groups excluding tert-OH is 2. The molecule has 50 heavy (non-hydrogen) atoms. The van der Waals surface area contributed by atoms with E-state index in [1.165, 1.54) is 11.3 Å². The van der Waals surface area contributed by atoms with E-state index in [-0.39, 0.29) is 28.4 Å². The highest BCUT2D eigenvalue weighted by molar-refractivity contribution is 6.18. The van der Waals surface area contributed by atoms with Gasteiger partial charge in [-0.15, -0.1) is 0 Å². The minimum atomic E-state index is -0.854. The van der Waals surface area contributed by atoms with Gasteiger partial charge in [-0.3, -0.25) is 9.59 Å². The summed E-state index contributed by atoms with van der Waals surface area (Å²) in [4.78, 5) is 26.6. The van der Waals surface area contributed by atoms with Crippen molar-refractivity contribution in [1.82, 2.24) is 4.57 Å². The molecule has 2 fully saturated rings. The number of primary amides is 1. The number of hydrogen-bond donors (Lipinski definition) is 3. The second kappa shape index (κ2) is 10.2. The van der Waals surface area contributed by atoms with Gasteiger partial charge < -0.3 is 25.3 Å². The van der Waals surface area contributed by atoms with Crippen molar-refractivity contribution >= 4 is 28.2 Å². The van der Waals surface area contributed by atoms with Gasteiger partial charge in [0.1, 0.15) is 6.04 Å². The van der Waals surface area contributed by atoms with E-state index < -0.39 is 40.8 Å². The summed E-state index contributed by atoms with van der Waals surface area (Å²) >= 11 is 0. The number of nitrogens with two attached hydrogens (primary N) is 1. The van der Waals surface area contributed by atoms with Crippen molar-refractivity contribution in [1.29, 1.82) is 0 Å². The largest absolute Gasteiger partial charge is 0.392 e. The summed E-state index contributed by atoms with van der Waals surface area (Å²) in [5.74, 6) is -0.137. The number of hydrogen-bond acceptors (Lipinski definition) is 5. The van der Waals surface area contributed by atoms with Gasteiger partial charge in [-0.2, -0.15) is 0 Å². The zero-order valence-electron chi connectivity index (χ0n) is 31.2. The molecule has 1 aromatic carbocycles. The molecular formula is C43H54N2O5. The lowest BCUT2D eigenvalue weighted by Crippen LogP contribution is -2.62. The van der Waals surface area contributed by atoms with E-state index in [0.29, 0.717) is 23.5 Å². The van der Waals surface area contributed by atoms with Crippen LogP contribution in [0.15, 0.2) is 48.1 Å². The zero-order chi connectivity index (χ0) is 36.2. The number of rotatable bonds is 4. The lowest BCUT2D eigenvalue weighted by atomic mass is 9.40. The van der Waals surface area contributed by atoms with Crippen molar-refractivity contribution in [3.8, 4) is 0 Å².